The zero-order valence-electron chi connectivity index (χ0n) is 30.8. The first-order valence-electron chi connectivity index (χ1n) is 17.5. The van der Waals surface area contributed by atoms with E-state index >= 15 is 0 Å². The van der Waals surface area contributed by atoms with Crippen LogP contribution in [-0.2, 0) is 29.1 Å². The molecule has 13 heteroatoms. The number of aromatic nitrogens is 4. The van der Waals surface area contributed by atoms with Crippen LogP contribution in [0.2, 0.25) is 0 Å². The molecule has 1 amide bonds. The number of carbonyl (C=O) groups is 2. The molecular weight excluding hydrogens is 689 g/mol. The van der Waals surface area contributed by atoms with Gasteiger partial charge in [-0.3, -0.25) is 5.32 Å². The van der Waals surface area contributed by atoms with E-state index in [1.807, 2.05) is 79.7 Å². The highest BCUT2D eigenvalue weighted by atomic mass is 19.1. The lowest BCUT2D eigenvalue weighted by molar-refractivity contribution is 0.0600. The molecule has 0 aliphatic heterocycles. The standard InChI is InChI=1S/C41H42FN7O5/c1-6-53-37-30(21-31(42)23-44-37)22-43-35-34(29-17-19-32(20-18-29)46-40(51)54-41(2,3)4)38(49-36(47-35)33(24-45-49)39(50)52-5)48(25-27-13-9-7-10-14-27)26-28-15-11-8-12-16-28/h7-21,23-24H,6,22,25-26H2,1-5H3,(H,43,47)(H,46,51). The molecule has 0 atom stereocenters. The summed E-state index contributed by atoms with van der Waals surface area (Å²) < 4.78 is 32.5. The van der Waals surface area contributed by atoms with Gasteiger partial charge in [0.15, 0.2) is 5.65 Å². The van der Waals surface area contributed by atoms with Gasteiger partial charge < -0.3 is 24.4 Å². The Bertz CT molecular complexity index is 2180. The molecule has 3 heterocycles. The molecule has 0 aliphatic rings. The number of hydrogen-bond acceptors (Lipinski definition) is 10. The highest BCUT2D eigenvalue weighted by molar-refractivity contribution is 5.98. The number of hydrogen-bond donors (Lipinski definition) is 2. The first-order valence-corrected chi connectivity index (χ1v) is 17.5. The van der Waals surface area contributed by atoms with Gasteiger partial charge in [0, 0.05) is 30.9 Å². The molecule has 0 spiro atoms. The maximum atomic E-state index is 14.5. The minimum atomic E-state index is -0.673. The summed E-state index contributed by atoms with van der Waals surface area (Å²) in [5.74, 6) is 0.134. The van der Waals surface area contributed by atoms with Gasteiger partial charge in [0.05, 0.1) is 31.7 Å². The number of nitrogens with zero attached hydrogens (tertiary/aromatic N) is 5. The number of halogens is 1. The van der Waals surface area contributed by atoms with Gasteiger partial charge in [-0.15, -0.1) is 0 Å². The minimum Gasteiger partial charge on any atom is -0.478 e. The first-order chi connectivity index (χ1) is 26.0. The Morgan fingerprint density at radius 3 is 2.15 bits per heavy atom. The van der Waals surface area contributed by atoms with E-state index in [0.29, 0.717) is 53.7 Å². The molecule has 0 aliphatic carbocycles. The van der Waals surface area contributed by atoms with Crippen molar-refractivity contribution in [3.8, 4) is 17.0 Å². The quantitative estimate of drug-likeness (QED) is 0.112. The number of esters is 1. The van der Waals surface area contributed by atoms with E-state index in [4.69, 9.17) is 24.3 Å². The Morgan fingerprint density at radius 2 is 1.56 bits per heavy atom. The van der Waals surface area contributed by atoms with Crippen molar-refractivity contribution >= 4 is 35.0 Å². The number of rotatable bonds is 13. The van der Waals surface area contributed by atoms with Gasteiger partial charge in [-0.05, 0) is 62.6 Å². The highest BCUT2D eigenvalue weighted by Gasteiger charge is 2.27. The second-order valence-corrected chi connectivity index (χ2v) is 13.4. The fraction of sp³-hybridized carbons (Fsp3) is 0.244. The normalized spacial score (nSPS) is 11.2. The van der Waals surface area contributed by atoms with Crippen molar-refractivity contribution in [3.05, 3.63) is 131 Å². The van der Waals surface area contributed by atoms with E-state index in [0.717, 1.165) is 17.3 Å². The van der Waals surface area contributed by atoms with Crippen molar-refractivity contribution in [3.63, 3.8) is 0 Å². The maximum Gasteiger partial charge on any atom is 0.412 e. The molecule has 6 aromatic rings. The summed E-state index contributed by atoms with van der Waals surface area (Å²) in [6.07, 6.45) is 1.96. The van der Waals surface area contributed by atoms with E-state index in [1.165, 1.54) is 19.4 Å². The number of amides is 1. The number of fused-ring (bicyclic) bond motifs is 1. The SMILES string of the molecule is CCOc1ncc(F)cc1CNc1nc2c(C(=O)OC)cnn2c(N(Cc2ccccc2)Cc2ccccc2)c1-c1ccc(NC(=O)OC(C)(C)C)cc1. The molecule has 0 saturated carbocycles. The van der Waals surface area contributed by atoms with Crippen molar-refractivity contribution in [2.24, 2.45) is 0 Å². The summed E-state index contributed by atoms with van der Waals surface area (Å²) in [4.78, 5) is 37.0. The first kappa shape index (κ1) is 37.3. The molecule has 0 unspecified atom stereocenters. The molecule has 3 aromatic carbocycles. The van der Waals surface area contributed by atoms with Crippen LogP contribution >= 0.6 is 0 Å². The van der Waals surface area contributed by atoms with Gasteiger partial charge in [0.25, 0.3) is 0 Å². The molecule has 2 N–H and O–H groups in total. The molecule has 3 aromatic heterocycles. The highest BCUT2D eigenvalue weighted by Crippen LogP contribution is 2.40. The van der Waals surface area contributed by atoms with Gasteiger partial charge in [-0.25, -0.2) is 23.9 Å². The van der Waals surface area contributed by atoms with Crippen LogP contribution in [0.4, 0.5) is 26.5 Å². The third-order valence-corrected chi connectivity index (χ3v) is 8.20. The van der Waals surface area contributed by atoms with Gasteiger partial charge in [0.2, 0.25) is 5.88 Å². The van der Waals surface area contributed by atoms with Crippen molar-refractivity contribution in [1.82, 2.24) is 19.6 Å². The number of pyridine rings is 1. The van der Waals surface area contributed by atoms with Crippen LogP contribution in [-0.4, -0.2) is 51.0 Å². The molecule has 0 radical (unpaired) electrons. The van der Waals surface area contributed by atoms with E-state index in [2.05, 4.69) is 20.5 Å². The summed E-state index contributed by atoms with van der Waals surface area (Å²) in [5, 5.41) is 10.9. The van der Waals surface area contributed by atoms with E-state index < -0.39 is 23.5 Å². The monoisotopic (exact) mass is 731 g/mol. The number of methoxy groups -OCH3 is 1. The summed E-state index contributed by atoms with van der Waals surface area (Å²) in [6, 6.07) is 28.6. The van der Waals surface area contributed by atoms with Crippen molar-refractivity contribution in [2.45, 2.75) is 52.9 Å². The minimum absolute atomic E-state index is 0.0764. The lowest BCUT2D eigenvalue weighted by Crippen LogP contribution is -2.27. The third-order valence-electron chi connectivity index (χ3n) is 8.20. The summed E-state index contributed by atoms with van der Waals surface area (Å²) in [5.41, 5.74) is 4.12. The van der Waals surface area contributed by atoms with E-state index in [9.17, 15) is 14.0 Å². The van der Waals surface area contributed by atoms with Crippen LogP contribution in [0, 0.1) is 5.82 Å². The Morgan fingerprint density at radius 1 is 0.907 bits per heavy atom. The predicted octanol–water partition coefficient (Wildman–Crippen LogP) is 8.28. The van der Waals surface area contributed by atoms with Crippen LogP contribution in [0.15, 0.2) is 103 Å². The topological polar surface area (TPSA) is 132 Å². The van der Waals surface area contributed by atoms with Crippen LogP contribution < -0.4 is 20.3 Å². The molecule has 0 bridgehead atoms. The Hall–Kier alpha value is -6.50. The van der Waals surface area contributed by atoms with Crippen molar-refractivity contribution in [1.29, 1.82) is 0 Å². The summed E-state index contributed by atoms with van der Waals surface area (Å²) in [6.45, 7) is 8.53. The zero-order valence-corrected chi connectivity index (χ0v) is 30.8. The molecule has 278 valence electrons. The van der Waals surface area contributed by atoms with Crippen molar-refractivity contribution < 1.29 is 28.2 Å². The molecule has 0 fully saturated rings. The number of anilines is 3. The van der Waals surface area contributed by atoms with Crippen LogP contribution in [0.1, 0.15) is 54.7 Å². The second kappa shape index (κ2) is 16.4. The van der Waals surface area contributed by atoms with Gasteiger partial charge >= 0.3 is 12.1 Å². The van der Waals surface area contributed by atoms with Crippen molar-refractivity contribution in [2.75, 3.05) is 29.3 Å². The van der Waals surface area contributed by atoms with E-state index in [1.54, 1.807) is 37.4 Å². The fourth-order valence-corrected chi connectivity index (χ4v) is 5.91. The van der Waals surface area contributed by atoms with Crippen LogP contribution in [0.3, 0.4) is 0 Å². The number of ether oxygens (including phenoxy) is 3. The third kappa shape index (κ3) is 8.92. The second-order valence-electron chi connectivity index (χ2n) is 13.4. The number of carbonyl (C=O) groups excluding carboxylic acids is 2. The van der Waals surface area contributed by atoms with Gasteiger partial charge in [-0.2, -0.15) is 9.61 Å². The van der Waals surface area contributed by atoms with Gasteiger partial charge in [-0.1, -0.05) is 72.8 Å². The molecule has 6 rings (SSSR count). The maximum absolute atomic E-state index is 14.5. The average molecular weight is 732 g/mol. The molecule has 12 nitrogen and oxygen atoms in total. The number of benzene rings is 3. The zero-order chi connectivity index (χ0) is 38.2. The van der Waals surface area contributed by atoms with Gasteiger partial charge in [0.1, 0.15) is 28.6 Å². The molecular formula is C41H42FN7O5. The molecule has 0 saturated heterocycles. The Balaban J connectivity index is 1.57. The summed E-state index contributed by atoms with van der Waals surface area (Å²) in [7, 11) is 1.30. The fourth-order valence-electron chi connectivity index (χ4n) is 5.91. The largest absolute Gasteiger partial charge is 0.478 e. The summed E-state index contributed by atoms with van der Waals surface area (Å²) >= 11 is 0. The Labute approximate surface area is 312 Å². The molecule has 54 heavy (non-hydrogen) atoms. The van der Waals surface area contributed by atoms with Crippen LogP contribution in [0.5, 0.6) is 5.88 Å². The van der Waals surface area contributed by atoms with Crippen LogP contribution in [0.25, 0.3) is 16.8 Å². The smallest absolute Gasteiger partial charge is 0.412 e. The number of nitrogens with one attached hydrogen (secondary N) is 2. The van der Waals surface area contributed by atoms with E-state index in [-0.39, 0.29) is 23.6 Å². The average Bonchev–Trinajstić information content (AvgIpc) is 3.58. The lowest BCUT2D eigenvalue weighted by atomic mass is 10.0. The lowest BCUT2D eigenvalue weighted by Gasteiger charge is -2.29. The Kier molecular flexibility index (Phi) is 11.4. The predicted molar refractivity (Wildman–Crippen MR) is 205 cm³/mol.